The highest BCUT2D eigenvalue weighted by Crippen LogP contribution is 2.24. The third-order valence-electron chi connectivity index (χ3n) is 2.16. The van der Waals surface area contributed by atoms with Crippen molar-refractivity contribution in [3.8, 4) is 0 Å². The topological polar surface area (TPSA) is 69.4 Å². The Kier molecular flexibility index (Phi) is 4.18. The van der Waals surface area contributed by atoms with Gasteiger partial charge in [-0.05, 0) is 25.1 Å². The minimum Gasteiger partial charge on any atom is -0.398 e. The average Bonchev–Trinajstić information content (AvgIpc) is 2.16. The molecule has 0 radical (unpaired) electrons. The van der Waals surface area contributed by atoms with Gasteiger partial charge in [0.2, 0.25) is 0 Å². The van der Waals surface area contributed by atoms with Crippen LogP contribution in [0.25, 0.3) is 0 Å². The van der Waals surface area contributed by atoms with E-state index in [0.29, 0.717) is 5.02 Å². The molecule has 0 spiro atoms. The smallest absolute Gasteiger partial charge is 0.182 e. The van der Waals surface area contributed by atoms with Crippen LogP contribution < -0.4 is 5.73 Å². The summed E-state index contributed by atoms with van der Waals surface area (Å²) in [6.45, 7) is 1.68. The second-order valence-corrected chi connectivity index (χ2v) is 5.95. The Bertz CT molecular complexity index is 473. The minimum atomic E-state index is -3.43. The summed E-state index contributed by atoms with van der Waals surface area (Å²) in [6.07, 6.45) is -0.375. The van der Waals surface area contributed by atoms with Crippen molar-refractivity contribution in [2.75, 3.05) is 18.6 Å². The molecule has 0 fully saturated rings. The molecule has 0 aliphatic heterocycles. The lowest BCUT2D eigenvalue weighted by Gasteiger charge is -2.11. The van der Waals surface area contributed by atoms with Gasteiger partial charge in [-0.25, -0.2) is 8.42 Å². The Balaban J connectivity index is 3.08. The number of methoxy groups -OCH3 is 1. The van der Waals surface area contributed by atoms with Crippen LogP contribution in [0.5, 0.6) is 0 Å². The fourth-order valence-electron chi connectivity index (χ4n) is 1.27. The molecule has 0 saturated carbocycles. The first-order chi connectivity index (χ1) is 7.36. The number of rotatable bonds is 4. The van der Waals surface area contributed by atoms with E-state index in [2.05, 4.69) is 0 Å². The molecule has 2 N–H and O–H groups in total. The normalized spacial score (nSPS) is 13.7. The maximum Gasteiger partial charge on any atom is 0.182 e. The van der Waals surface area contributed by atoms with Gasteiger partial charge in [-0.15, -0.1) is 0 Å². The van der Waals surface area contributed by atoms with Crippen LogP contribution in [-0.4, -0.2) is 27.4 Å². The van der Waals surface area contributed by atoms with Gasteiger partial charge in [-0.2, -0.15) is 0 Å². The number of ether oxygens (including phenoxy) is 1. The lowest BCUT2D eigenvalue weighted by molar-refractivity contribution is 0.136. The lowest BCUT2D eigenvalue weighted by atomic mass is 10.3. The SMILES string of the molecule is COC(C)CS(=O)(=O)c1ccc(Cl)cc1N. The van der Waals surface area contributed by atoms with Gasteiger partial charge in [0.15, 0.2) is 9.84 Å². The van der Waals surface area contributed by atoms with Crippen molar-refractivity contribution < 1.29 is 13.2 Å². The molecule has 0 aliphatic rings. The van der Waals surface area contributed by atoms with Crippen LogP contribution >= 0.6 is 11.6 Å². The standard InChI is InChI=1S/C10H14ClNO3S/c1-7(15-2)6-16(13,14)10-4-3-8(11)5-9(10)12/h3-5,7H,6,12H2,1-2H3. The van der Waals surface area contributed by atoms with Crippen LogP contribution in [0.2, 0.25) is 5.02 Å². The van der Waals surface area contributed by atoms with E-state index in [0.717, 1.165) is 0 Å². The third kappa shape index (κ3) is 3.10. The van der Waals surface area contributed by atoms with Crippen molar-refractivity contribution in [1.29, 1.82) is 0 Å². The second kappa shape index (κ2) is 5.03. The molecule has 1 aromatic rings. The molecular weight excluding hydrogens is 250 g/mol. The zero-order chi connectivity index (χ0) is 12.3. The average molecular weight is 264 g/mol. The second-order valence-electron chi connectivity index (χ2n) is 3.51. The van der Waals surface area contributed by atoms with Crippen molar-refractivity contribution in [2.24, 2.45) is 0 Å². The molecule has 4 nitrogen and oxygen atoms in total. The number of hydrogen-bond acceptors (Lipinski definition) is 4. The summed E-state index contributed by atoms with van der Waals surface area (Å²) in [7, 11) is -1.96. The first-order valence-electron chi connectivity index (χ1n) is 4.67. The van der Waals surface area contributed by atoms with E-state index in [1.54, 1.807) is 6.92 Å². The lowest BCUT2D eigenvalue weighted by Crippen LogP contribution is -2.20. The molecule has 0 bridgehead atoms. The van der Waals surface area contributed by atoms with E-state index in [1.807, 2.05) is 0 Å². The minimum absolute atomic E-state index is 0.0980. The summed E-state index contributed by atoms with van der Waals surface area (Å²) >= 11 is 5.70. The van der Waals surface area contributed by atoms with Crippen LogP contribution in [0.3, 0.4) is 0 Å². The summed E-state index contributed by atoms with van der Waals surface area (Å²) in [5.41, 5.74) is 5.78. The number of hydrogen-bond donors (Lipinski definition) is 1. The Morgan fingerprint density at radius 3 is 2.62 bits per heavy atom. The molecular formula is C10H14ClNO3S. The van der Waals surface area contributed by atoms with Crippen molar-refractivity contribution in [2.45, 2.75) is 17.9 Å². The highest BCUT2D eigenvalue weighted by Gasteiger charge is 2.20. The highest BCUT2D eigenvalue weighted by molar-refractivity contribution is 7.91. The molecule has 0 heterocycles. The zero-order valence-electron chi connectivity index (χ0n) is 9.10. The zero-order valence-corrected chi connectivity index (χ0v) is 10.7. The van der Waals surface area contributed by atoms with Crippen molar-refractivity contribution >= 4 is 27.1 Å². The molecule has 1 atom stereocenters. The first kappa shape index (κ1) is 13.3. The van der Waals surface area contributed by atoms with Crippen LogP contribution in [-0.2, 0) is 14.6 Å². The van der Waals surface area contributed by atoms with Crippen LogP contribution in [0.15, 0.2) is 23.1 Å². The number of nitrogens with two attached hydrogens (primary N) is 1. The predicted molar refractivity (Wildman–Crippen MR) is 64.4 cm³/mol. The molecule has 0 aliphatic carbocycles. The highest BCUT2D eigenvalue weighted by atomic mass is 35.5. The van der Waals surface area contributed by atoms with Crippen molar-refractivity contribution in [1.82, 2.24) is 0 Å². The van der Waals surface area contributed by atoms with Crippen LogP contribution in [0.4, 0.5) is 5.69 Å². The molecule has 6 heteroatoms. The molecule has 0 saturated heterocycles. The molecule has 16 heavy (non-hydrogen) atoms. The summed E-state index contributed by atoms with van der Waals surface area (Å²) in [6, 6.07) is 4.34. The van der Waals surface area contributed by atoms with E-state index in [-0.39, 0.29) is 22.4 Å². The van der Waals surface area contributed by atoms with Gasteiger partial charge in [0.05, 0.1) is 22.4 Å². The van der Waals surface area contributed by atoms with E-state index in [9.17, 15) is 8.42 Å². The molecule has 1 unspecified atom stereocenters. The van der Waals surface area contributed by atoms with Gasteiger partial charge < -0.3 is 10.5 Å². The predicted octanol–water partition coefficient (Wildman–Crippen LogP) is 1.73. The monoisotopic (exact) mass is 263 g/mol. The number of halogens is 1. The molecule has 0 aromatic heterocycles. The van der Waals surface area contributed by atoms with Crippen LogP contribution in [0.1, 0.15) is 6.92 Å². The van der Waals surface area contributed by atoms with Crippen LogP contribution in [0, 0.1) is 0 Å². The third-order valence-corrected chi connectivity index (χ3v) is 4.35. The number of nitrogen functional groups attached to an aromatic ring is 1. The molecule has 1 aromatic carbocycles. The molecule has 0 amide bonds. The maximum absolute atomic E-state index is 11.9. The maximum atomic E-state index is 11.9. The number of anilines is 1. The molecule has 1 rings (SSSR count). The molecule has 90 valence electrons. The van der Waals surface area contributed by atoms with E-state index < -0.39 is 9.84 Å². The number of benzene rings is 1. The fourth-order valence-corrected chi connectivity index (χ4v) is 3.08. The Labute approximate surface area is 100 Å². The largest absolute Gasteiger partial charge is 0.398 e. The Morgan fingerprint density at radius 2 is 2.12 bits per heavy atom. The van der Waals surface area contributed by atoms with Crippen molar-refractivity contribution in [3.05, 3.63) is 23.2 Å². The summed E-state index contributed by atoms with van der Waals surface area (Å²) in [5, 5.41) is 0.413. The summed E-state index contributed by atoms with van der Waals surface area (Å²) in [4.78, 5) is 0.0980. The van der Waals surface area contributed by atoms with Gasteiger partial charge >= 0.3 is 0 Å². The van der Waals surface area contributed by atoms with E-state index in [1.165, 1.54) is 25.3 Å². The van der Waals surface area contributed by atoms with Gasteiger partial charge in [0.1, 0.15) is 0 Å². The van der Waals surface area contributed by atoms with Crippen molar-refractivity contribution in [3.63, 3.8) is 0 Å². The van der Waals surface area contributed by atoms with E-state index >= 15 is 0 Å². The van der Waals surface area contributed by atoms with Gasteiger partial charge in [-0.3, -0.25) is 0 Å². The number of sulfone groups is 1. The van der Waals surface area contributed by atoms with Gasteiger partial charge in [-0.1, -0.05) is 11.6 Å². The first-order valence-corrected chi connectivity index (χ1v) is 6.70. The van der Waals surface area contributed by atoms with E-state index in [4.69, 9.17) is 22.1 Å². The van der Waals surface area contributed by atoms with Gasteiger partial charge in [0, 0.05) is 12.1 Å². The quantitative estimate of drug-likeness (QED) is 0.840. The fraction of sp³-hybridized carbons (Fsp3) is 0.400. The Hall–Kier alpha value is -0.780. The Morgan fingerprint density at radius 1 is 1.50 bits per heavy atom. The summed E-state index contributed by atoms with van der Waals surface area (Å²) < 4.78 is 28.8. The van der Waals surface area contributed by atoms with Gasteiger partial charge in [0.25, 0.3) is 0 Å². The summed E-state index contributed by atoms with van der Waals surface area (Å²) in [5.74, 6) is -0.102.